The van der Waals surface area contributed by atoms with Gasteiger partial charge in [-0.2, -0.15) is 0 Å². The van der Waals surface area contributed by atoms with Crippen molar-refractivity contribution in [3.8, 4) is 0 Å². The molecule has 1 fully saturated rings. The number of hydrogen-bond acceptors (Lipinski definition) is 5. The van der Waals surface area contributed by atoms with Crippen LogP contribution in [0.5, 0.6) is 0 Å². The number of carbonyl (C=O) groups excluding carboxylic acids is 1. The molecule has 1 heterocycles. The molecule has 0 atom stereocenters. The SMILES string of the molecule is CN(CCC(N)=S)C(=O)CCN1CCC(OCCO)CC1. The van der Waals surface area contributed by atoms with Crippen molar-refractivity contribution in [2.75, 3.05) is 46.4 Å². The first-order chi connectivity index (χ1) is 10.0. The molecule has 21 heavy (non-hydrogen) atoms. The standard InChI is InChI=1S/C14H27N3O3S/c1-16(6-4-13(15)21)14(19)5-9-17-7-2-12(3-8-17)20-11-10-18/h12,18H,2-11H2,1H3,(H2,15,21). The van der Waals surface area contributed by atoms with Gasteiger partial charge >= 0.3 is 0 Å². The number of nitrogens with zero attached hydrogens (tertiary/aromatic N) is 2. The van der Waals surface area contributed by atoms with Crippen molar-refractivity contribution in [2.45, 2.75) is 31.8 Å². The average Bonchev–Trinajstić information content (AvgIpc) is 2.49. The lowest BCUT2D eigenvalue weighted by Gasteiger charge is -2.32. The molecule has 0 saturated carbocycles. The Labute approximate surface area is 132 Å². The molecule has 6 nitrogen and oxygen atoms in total. The van der Waals surface area contributed by atoms with E-state index in [9.17, 15) is 4.79 Å². The summed E-state index contributed by atoms with van der Waals surface area (Å²) in [4.78, 5) is 16.4. The topological polar surface area (TPSA) is 79.0 Å². The highest BCUT2D eigenvalue weighted by Crippen LogP contribution is 2.13. The third-order valence-corrected chi connectivity index (χ3v) is 3.94. The Morgan fingerprint density at radius 1 is 1.43 bits per heavy atom. The highest BCUT2D eigenvalue weighted by Gasteiger charge is 2.20. The number of aliphatic hydroxyl groups is 1. The molecular formula is C14H27N3O3S. The number of likely N-dealkylation sites (tertiary alicyclic amines) is 1. The van der Waals surface area contributed by atoms with Gasteiger partial charge in [-0.3, -0.25) is 4.79 Å². The summed E-state index contributed by atoms with van der Waals surface area (Å²) in [6, 6.07) is 0. The van der Waals surface area contributed by atoms with Gasteiger partial charge in [-0.25, -0.2) is 0 Å². The number of thiocarbonyl (C=S) groups is 1. The molecule has 0 radical (unpaired) electrons. The van der Waals surface area contributed by atoms with Gasteiger partial charge in [-0.15, -0.1) is 0 Å². The molecule has 1 saturated heterocycles. The highest BCUT2D eigenvalue weighted by atomic mass is 32.1. The van der Waals surface area contributed by atoms with Crippen LogP contribution >= 0.6 is 12.2 Å². The largest absolute Gasteiger partial charge is 0.394 e. The fourth-order valence-corrected chi connectivity index (χ4v) is 2.46. The zero-order valence-corrected chi connectivity index (χ0v) is 13.6. The number of carbonyl (C=O) groups is 1. The zero-order chi connectivity index (χ0) is 15.7. The third-order valence-electron chi connectivity index (χ3n) is 3.74. The number of nitrogens with two attached hydrogens (primary N) is 1. The van der Waals surface area contributed by atoms with Gasteiger partial charge in [0.15, 0.2) is 0 Å². The van der Waals surface area contributed by atoms with E-state index in [1.54, 1.807) is 11.9 Å². The second-order valence-electron chi connectivity index (χ2n) is 5.42. The summed E-state index contributed by atoms with van der Waals surface area (Å²) in [5.74, 6) is 0.130. The first-order valence-electron chi connectivity index (χ1n) is 7.50. The first-order valence-corrected chi connectivity index (χ1v) is 7.91. The number of amides is 1. The Balaban J connectivity index is 2.15. The van der Waals surface area contributed by atoms with Gasteiger partial charge in [0.05, 0.1) is 24.3 Å². The van der Waals surface area contributed by atoms with Crippen LogP contribution in [0.3, 0.4) is 0 Å². The summed E-state index contributed by atoms with van der Waals surface area (Å²) in [6.07, 6.45) is 3.27. The average molecular weight is 317 g/mol. The first kappa shape index (κ1) is 18.3. The lowest BCUT2D eigenvalue weighted by molar-refractivity contribution is -0.130. The minimum atomic E-state index is 0.0767. The van der Waals surface area contributed by atoms with Gasteiger partial charge in [0.25, 0.3) is 0 Å². The van der Waals surface area contributed by atoms with E-state index in [2.05, 4.69) is 4.90 Å². The van der Waals surface area contributed by atoms with Gasteiger partial charge in [-0.05, 0) is 12.8 Å². The molecule has 122 valence electrons. The highest BCUT2D eigenvalue weighted by molar-refractivity contribution is 7.80. The Morgan fingerprint density at radius 3 is 2.67 bits per heavy atom. The Bertz CT molecular complexity index is 333. The van der Waals surface area contributed by atoms with E-state index in [0.29, 0.717) is 31.0 Å². The van der Waals surface area contributed by atoms with Crippen LogP contribution in [0, 0.1) is 0 Å². The van der Waals surface area contributed by atoms with Crippen LogP contribution < -0.4 is 5.73 Å². The van der Waals surface area contributed by atoms with Crippen LogP contribution in [0.15, 0.2) is 0 Å². The fraction of sp³-hybridized carbons (Fsp3) is 0.857. The summed E-state index contributed by atoms with van der Waals surface area (Å²) in [7, 11) is 1.79. The number of piperidine rings is 1. The van der Waals surface area contributed by atoms with Crippen LogP contribution in [-0.2, 0) is 9.53 Å². The second-order valence-corrected chi connectivity index (χ2v) is 5.94. The molecule has 0 aromatic carbocycles. The van der Waals surface area contributed by atoms with E-state index >= 15 is 0 Å². The third kappa shape index (κ3) is 7.71. The van der Waals surface area contributed by atoms with Gasteiger partial charge in [0.1, 0.15) is 0 Å². The lowest BCUT2D eigenvalue weighted by Crippen LogP contribution is -2.40. The molecule has 1 aliphatic rings. The van der Waals surface area contributed by atoms with Crippen molar-refractivity contribution >= 4 is 23.1 Å². The maximum absolute atomic E-state index is 12.0. The zero-order valence-electron chi connectivity index (χ0n) is 12.8. The van der Waals surface area contributed by atoms with Crippen molar-refractivity contribution in [3.05, 3.63) is 0 Å². The minimum Gasteiger partial charge on any atom is -0.394 e. The molecule has 0 aromatic heterocycles. The Kier molecular flexibility index (Phi) is 8.75. The van der Waals surface area contributed by atoms with Crippen LogP contribution in [0.25, 0.3) is 0 Å². The maximum Gasteiger partial charge on any atom is 0.223 e. The van der Waals surface area contributed by atoms with E-state index in [1.165, 1.54) is 0 Å². The van der Waals surface area contributed by atoms with Crippen molar-refractivity contribution < 1.29 is 14.6 Å². The van der Waals surface area contributed by atoms with Crippen LogP contribution in [-0.4, -0.2) is 78.3 Å². The quantitative estimate of drug-likeness (QED) is 0.582. The van der Waals surface area contributed by atoms with Gasteiger partial charge in [0.2, 0.25) is 5.91 Å². The smallest absolute Gasteiger partial charge is 0.223 e. The van der Waals surface area contributed by atoms with Crippen LogP contribution in [0.1, 0.15) is 25.7 Å². The molecule has 1 rings (SSSR count). The van der Waals surface area contributed by atoms with E-state index in [4.69, 9.17) is 27.8 Å². The summed E-state index contributed by atoms with van der Waals surface area (Å²) in [6.45, 7) is 3.75. The van der Waals surface area contributed by atoms with Gasteiger partial charge in [0, 0.05) is 46.1 Å². The molecule has 1 amide bonds. The number of aliphatic hydroxyl groups excluding tert-OH is 1. The van der Waals surface area contributed by atoms with E-state index < -0.39 is 0 Å². The summed E-state index contributed by atoms with van der Waals surface area (Å²) < 4.78 is 5.52. The molecule has 0 aromatic rings. The van der Waals surface area contributed by atoms with E-state index in [-0.39, 0.29) is 18.6 Å². The molecule has 0 unspecified atom stereocenters. The van der Waals surface area contributed by atoms with Crippen molar-refractivity contribution in [1.29, 1.82) is 0 Å². The normalized spacial score (nSPS) is 16.9. The minimum absolute atomic E-state index is 0.0767. The van der Waals surface area contributed by atoms with Gasteiger partial charge in [-0.1, -0.05) is 12.2 Å². The Morgan fingerprint density at radius 2 is 2.10 bits per heavy atom. The number of rotatable bonds is 9. The predicted octanol–water partition coefficient (Wildman–Crippen LogP) is -0.0156. The number of ether oxygens (including phenoxy) is 1. The second kappa shape index (κ2) is 10.0. The Hall–Kier alpha value is -0.760. The van der Waals surface area contributed by atoms with E-state index in [0.717, 1.165) is 32.5 Å². The monoisotopic (exact) mass is 317 g/mol. The molecular weight excluding hydrogens is 290 g/mol. The predicted molar refractivity (Wildman–Crippen MR) is 86.2 cm³/mol. The summed E-state index contributed by atoms with van der Waals surface area (Å²) in [5.41, 5.74) is 5.44. The summed E-state index contributed by atoms with van der Waals surface area (Å²) in [5, 5.41) is 8.73. The fourth-order valence-electron chi connectivity index (χ4n) is 2.37. The van der Waals surface area contributed by atoms with Crippen molar-refractivity contribution in [1.82, 2.24) is 9.80 Å². The maximum atomic E-state index is 12.0. The number of hydrogen-bond donors (Lipinski definition) is 2. The van der Waals surface area contributed by atoms with E-state index in [1.807, 2.05) is 0 Å². The molecule has 1 aliphatic heterocycles. The molecule has 0 aliphatic carbocycles. The lowest BCUT2D eigenvalue weighted by atomic mass is 10.1. The summed E-state index contributed by atoms with van der Waals surface area (Å²) >= 11 is 4.81. The van der Waals surface area contributed by atoms with Crippen LogP contribution in [0.4, 0.5) is 0 Å². The molecule has 0 bridgehead atoms. The molecule has 0 spiro atoms. The van der Waals surface area contributed by atoms with Crippen molar-refractivity contribution in [3.63, 3.8) is 0 Å². The molecule has 7 heteroatoms. The van der Waals surface area contributed by atoms with Gasteiger partial charge < -0.3 is 25.4 Å². The molecule has 3 N–H and O–H groups in total. The van der Waals surface area contributed by atoms with Crippen LogP contribution in [0.2, 0.25) is 0 Å². The van der Waals surface area contributed by atoms with Crippen molar-refractivity contribution in [2.24, 2.45) is 5.73 Å².